The monoisotopic (exact) mass is 255 g/mol. The maximum absolute atomic E-state index is 9.80. The van der Waals surface area contributed by atoms with E-state index < -0.39 is 0 Å². The Morgan fingerprint density at radius 2 is 1.78 bits per heavy atom. The van der Waals surface area contributed by atoms with Gasteiger partial charge in [0.1, 0.15) is 5.75 Å². The first-order valence-corrected chi connectivity index (χ1v) is 6.54. The molecule has 0 aromatic heterocycles. The summed E-state index contributed by atoms with van der Waals surface area (Å²) in [5, 5.41) is 18.5. The fourth-order valence-electron chi connectivity index (χ4n) is 1.64. The number of benzene rings is 2. The minimum atomic E-state index is 0.344. The Morgan fingerprint density at radius 3 is 2.33 bits per heavy atom. The number of nitrogens with zero attached hydrogens (tertiary/aromatic N) is 1. The van der Waals surface area contributed by atoms with Gasteiger partial charge in [-0.05, 0) is 48.4 Å². The molecule has 0 amide bonds. The van der Waals surface area contributed by atoms with Crippen molar-refractivity contribution in [3.05, 3.63) is 53.6 Å². The van der Waals surface area contributed by atoms with Gasteiger partial charge >= 0.3 is 0 Å². The highest BCUT2D eigenvalue weighted by Crippen LogP contribution is 2.31. The summed E-state index contributed by atoms with van der Waals surface area (Å²) in [6.07, 6.45) is 0.827. The molecule has 90 valence electrons. The van der Waals surface area contributed by atoms with Gasteiger partial charge in [-0.15, -0.1) is 0 Å². The molecule has 18 heavy (non-hydrogen) atoms. The Hall–Kier alpha value is -1.92. The molecule has 3 heteroatoms. The third kappa shape index (κ3) is 2.85. The fourth-order valence-corrected chi connectivity index (χ4v) is 2.49. The molecule has 2 nitrogen and oxygen atoms in total. The normalized spacial score (nSPS) is 10.0. The summed E-state index contributed by atoms with van der Waals surface area (Å²) in [6.45, 7) is 2.02. The van der Waals surface area contributed by atoms with Crippen LogP contribution in [0.3, 0.4) is 0 Å². The summed E-state index contributed by atoms with van der Waals surface area (Å²) in [5.74, 6) is 0.344. The minimum absolute atomic E-state index is 0.344. The first-order valence-electron chi connectivity index (χ1n) is 5.73. The molecule has 0 spiro atoms. The smallest absolute Gasteiger partial charge is 0.119 e. The van der Waals surface area contributed by atoms with Gasteiger partial charge < -0.3 is 5.11 Å². The number of hydrogen-bond acceptors (Lipinski definition) is 3. The molecule has 2 aromatic rings. The fraction of sp³-hybridized carbons (Fsp3) is 0.133. The van der Waals surface area contributed by atoms with E-state index in [2.05, 4.69) is 6.07 Å². The third-order valence-corrected chi connectivity index (χ3v) is 3.65. The van der Waals surface area contributed by atoms with Crippen LogP contribution in [0.4, 0.5) is 0 Å². The second-order valence-corrected chi connectivity index (χ2v) is 5.03. The molecule has 0 aliphatic heterocycles. The van der Waals surface area contributed by atoms with Gasteiger partial charge in [0, 0.05) is 9.79 Å². The number of rotatable bonds is 3. The van der Waals surface area contributed by atoms with Crippen LogP contribution < -0.4 is 0 Å². The van der Waals surface area contributed by atoms with Crippen LogP contribution in [0.1, 0.15) is 18.1 Å². The molecule has 0 unspecified atom stereocenters. The van der Waals surface area contributed by atoms with Crippen LogP contribution >= 0.6 is 11.8 Å². The van der Waals surface area contributed by atoms with E-state index in [-0.39, 0.29) is 0 Å². The lowest BCUT2D eigenvalue weighted by molar-refractivity contribution is 0.467. The lowest BCUT2D eigenvalue weighted by Crippen LogP contribution is -1.82. The van der Waals surface area contributed by atoms with Crippen molar-refractivity contribution in [3.63, 3.8) is 0 Å². The molecule has 0 saturated heterocycles. The Bertz CT molecular complexity index is 584. The van der Waals surface area contributed by atoms with Gasteiger partial charge in [0.15, 0.2) is 0 Å². The average molecular weight is 255 g/mol. The molecule has 0 saturated carbocycles. The van der Waals surface area contributed by atoms with Crippen molar-refractivity contribution in [2.75, 3.05) is 0 Å². The quantitative estimate of drug-likeness (QED) is 0.902. The van der Waals surface area contributed by atoms with Crippen molar-refractivity contribution in [1.29, 1.82) is 5.26 Å². The highest BCUT2D eigenvalue weighted by Gasteiger charge is 2.02. The van der Waals surface area contributed by atoms with Crippen LogP contribution in [0.15, 0.2) is 52.3 Å². The molecule has 1 N–H and O–H groups in total. The van der Waals surface area contributed by atoms with Gasteiger partial charge in [-0.25, -0.2) is 0 Å². The molecular weight excluding hydrogens is 242 g/mol. The van der Waals surface area contributed by atoms with Gasteiger partial charge in [0.25, 0.3) is 0 Å². The maximum atomic E-state index is 9.80. The van der Waals surface area contributed by atoms with Crippen molar-refractivity contribution in [2.45, 2.75) is 23.1 Å². The zero-order valence-corrected chi connectivity index (χ0v) is 10.9. The standard InChI is InChI=1S/C15H13NOS/c1-2-12-5-8-14(9-15(12)17)18-13-6-3-11(10-16)4-7-13/h3-9,17H,2H2,1H3. The van der Waals surface area contributed by atoms with E-state index in [0.29, 0.717) is 11.3 Å². The van der Waals surface area contributed by atoms with Gasteiger partial charge in [-0.2, -0.15) is 5.26 Å². The summed E-state index contributed by atoms with van der Waals surface area (Å²) < 4.78 is 0. The molecule has 2 rings (SSSR count). The molecule has 0 aliphatic carbocycles. The molecule has 0 aliphatic rings. The summed E-state index contributed by atoms with van der Waals surface area (Å²) in [6, 6.07) is 15.2. The lowest BCUT2D eigenvalue weighted by atomic mass is 10.1. The Labute approximate surface area is 111 Å². The highest BCUT2D eigenvalue weighted by atomic mass is 32.2. The summed E-state index contributed by atoms with van der Waals surface area (Å²) in [4.78, 5) is 2.05. The number of hydrogen-bond donors (Lipinski definition) is 1. The van der Waals surface area contributed by atoms with E-state index in [9.17, 15) is 5.11 Å². The second kappa shape index (κ2) is 5.61. The van der Waals surface area contributed by atoms with E-state index >= 15 is 0 Å². The maximum Gasteiger partial charge on any atom is 0.119 e. The lowest BCUT2D eigenvalue weighted by Gasteiger charge is -2.05. The number of nitriles is 1. The van der Waals surface area contributed by atoms with Crippen molar-refractivity contribution >= 4 is 11.8 Å². The van der Waals surface area contributed by atoms with Gasteiger partial charge in [0.05, 0.1) is 11.6 Å². The number of aryl methyl sites for hydroxylation is 1. The van der Waals surface area contributed by atoms with Crippen LogP contribution in [0.2, 0.25) is 0 Å². The molecule has 0 bridgehead atoms. The molecule has 0 radical (unpaired) electrons. The van der Waals surface area contributed by atoms with E-state index in [1.807, 2.05) is 31.2 Å². The Kier molecular flexibility index (Phi) is 3.91. The Balaban J connectivity index is 2.18. The van der Waals surface area contributed by atoms with Crippen molar-refractivity contribution in [3.8, 4) is 11.8 Å². The van der Waals surface area contributed by atoms with Crippen molar-refractivity contribution in [2.24, 2.45) is 0 Å². The Morgan fingerprint density at radius 1 is 1.11 bits per heavy atom. The van der Waals surface area contributed by atoms with Crippen LogP contribution in [0, 0.1) is 11.3 Å². The molecule has 0 fully saturated rings. The molecule has 0 heterocycles. The average Bonchev–Trinajstić information content (AvgIpc) is 2.40. The largest absolute Gasteiger partial charge is 0.508 e. The number of aromatic hydroxyl groups is 1. The third-order valence-electron chi connectivity index (χ3n) is 2.66. The van der Waals surface area contributed by atoms with Crippen LogP contribution in [0.25, 0.3) is 0 Å². The molecular formula is C15H13NOS. The predicted octanol–water partition coefficient (Wildman–Crippen LogP) is 3.98. The van der Waals surface area contributed by atoms with E-state index in [1.54, 1.807) is 30.0 Å². The number of phenols is 1. The SMILES string of the molecule is CCc1ccc(Sc2ccc(C#N)cc2)cc1O. The zero-order valence-electron chi connectivity index (χ0n) is 10.1. The van der Waals surface area contributed by atoms with Crippen molar-refractivity contribution in [1.82, 2.24) is 0 Å². The van der Waals surface area contributed by atoms with Crippen LogP contribution in [0.5, 0.6) is 5.75 Å². The van der Waals surface area contributed by atoms with Gasteiger partial charge in [-0.3, -0.25) is 0 Å². The van der Waals surface area contributed by atoms with E-state index in [0.717, 1.165) is 21.8 Å². The number of phenolic OH excluding ortho intramolecular Hbond substituents is 1. The van der Waals surface area contributed by atoms with Crippen LogP contribution in [-0.2, 0) is 6.42 Å². The topological polar surface area (TPSA) is 44.0 Å². The summed E-state index contributed by atoms with van der Waals surface area (Å²) in [5.41, 5.74) is 1.61. The van der Waals surface area contributed by atoms with E-state index in [4.69, 9.17) is 5.26 Å². The van der Waals surface area contributed by atoms with E-state index in [1.165, 1.54) is 0 Å². The molecule has 0 atom stereocenters. The summed E-state index contributed by atoms with van der Waals surface area (Å²) in [7, 11) is 0. The summed E-state index contributed by atoms with van der Waals surface area (Å²) >= 11 is 1.57. The van der Waals surface area contributed by atoms with Gasteiger partial charge in [0.2, 0.25) is 0 Å². The van der Waals surface area contributed by atoms with Crippen LogP contribution in [-0.4, -0.2) is 5.11 Å². The zero-order chi connectivity index (χ0) is 13.0. The van der Waals surface area contributed by atoms with Crippen molar-refractivity contribution < 1.29 is 5.11 Å². The first-order chi connectivity index (χ1) is 8.72. The second-order valence-electron chi connectivity index (χ2n) is 3.88. The van der Waals surface area contributed by atoms with Gasteiger partial charge in [-0.1, -0.05) is 24.8 Å². The minimum Gasteiger partial charge on any atom is -0.508 e. The first kappa shape index (κ1) is 12.5. The molecule has 2 aromatic carbocycles. The predicted molar refractivity (Wildman–Crippen MR) is 72.8 cm³/mol. The highest BCUT2D eigenvalue weighted by molar-refractivity contribution is 7.99.